The monoisotopic (exact) mass is 454 g/mol. The molecule has 4 heterocycles. The minimum atomic E-state index is 0.112. The van der Waals surface area contributed by atoms with Gasteiger partial charge in [0.15, 0.2) is 11.6 Å². The quantitative estimate of drug-likeness (QED) is 0.413. The van der Waals surface area contributed by atoms with E-state index in [4.69, 9.17) is 9.26 Å². The van der Waals surface area contributed by atoms with Gasteiger partial charge < -0.3 is 19.9 Å². The van der Waals surface area contributed by atoms with Crippen molar-refractivity contribution in [1.82, 2.24) is 30.2 Å². The average molecular weight is 455 g/mol. The van der Waals surface area contributed by atoms with Crippen LogP contribution in [0.15, 0.2) is 22.7 Å². The van der Waals surface area contributed by atoms with Gasteiger partial charge in [-0.2, -0.15) is 15.1 Å². The molecule has 0 amide bonds. The second-order valence-corrected chi connectivity index (χ2v) is 9.05. The predicted octanol–water partition coefficient (Wildman–Crippen LogP) is 4.26. The summed E-state index contributed by atoms with van der Waals surface area (Å²) in [5, 5.41) is 18.0. The maximum absolute atomic E-state index is 6.22. The molecule has 10 heteroatoms. The van der Waals surface area contributed by atoms with E-state index in [1.807, 2.05) is 18.2 Å². The third kappa shape index (κ3) is 6.01. The lowest BCUT2D eigenvalue weighted by molar-refractivity contribution is 0.195. The van der Waals surface area contributed by atoms with Crippen molar-refractivity contribution < 1.29 is 9.26 Å². The highest BCUT2D eigenvalue weighted by atomic mass is 16.5. The highest BCUT2D eigenvalue weighted by molar-refractivity contribution is 5.55. The van der Waals surface area contributed by atoms with Crippen LogP contribution in [0.5, 0.6) is 5.88 Å². The molecule has 0 radical (unpaired) electrons. The lowest BCUT2D eigenvalue weighted by Crippen LogP contribution is -2.24. The van der Waals surface area contributed by atoms with Crippen molar-refractivity contribution in [2.45, 2.75) is 65.5 Å². The fourth-order valence-electron chi connectivity index (χ4n) is 3.66. The van der Waals surface area contributed by atoms with Gasteiger partial charge in [-0.25, -0.2) is 0 Å². The van der Waals surface area contributed by atoms with Gasteiger partial charge in [-0.3, -0.25) is 10.00 Å². The Morgan fingerprint density at radius 1 is 1.15 bits per heavy atom. The fourth-order valence-corrected chi connectivity index (χ4v) is 3.66. The Kier molecular flexibility index (Phi) is 7.12. The van der Waals surface area contributed by atoms with Crippen LogP contribution in [0.25, 0.3) is 0 Å². The van der Waals surface area contributed by atoms with E-state index in [9.17, 15) is 0 Å². The molecule has 1 unspecified atom stereocenters. The number of nitrogens with one attached hydrogen (secondary N) is 3. The number of likely N-dealkylation sites (N-methyl/N-ethyl adjacent to an activating group) is 1. The van der Waals surface area contributed by atoms with Gasteiger partial charge in [-0.15, -0.1) is 0 Å². The summed E-state index contributed by atoms with van der Waals surface area (Å²) in [7, 11) is 0. The van der Waals surface area contributed by atoms with Crippen molar-refractivity contribution in [3.63, 3.8) is 0 Å². The largest absolute Gasteiger partial charge is 0.473 e. The normalized spacial score (nSPS) is 16.6. The molecule has 10 nitrogen and oxygen atoms in total. The van der Waals surface area contributed by atoms with E-state index in [0.717, 1.165) is 43.2 Å². The first-order chi connectivity index (χ1) is 15.9. The number of ether oxygens (including phenoxy) is 1. The van der Waals surface area contributed by atoms with Gasteiger partial charge in [-0.1, -0.05) is 39.8 Å². The molecule has 1 fully saturated rings. The smallest absolute Gasteiger partial charge is 0.228 e. The Morgan fingerprint density at radius 2 is 2.00 bits per heavy atom. The molecule has 3 aromatic rings. The molecule has 3 aromatic heterocycles. The van der Waals surface area contributed by atoms with Gasteiger partial charge in [0.1, 0.15) is 11.9 Å². The molecule has 0 saturated carbocycles. The van der Waals surface area contributed by atoms with Gasteiger partial charge in [0, 0.05) is 37.0 Å². The summed E-state index contributed by atoms with van der Waals surface area (Å²) in [4.78, 5) is 11.6. The summed E-state index contributed by atoms with van der Waals surface area (Å²) < 4.78 is 11.6. The highest BCUT2D eigenvalue weighted by Crippen LogP contribution is 2.24. The Labute approximate surface area is 194 Å². The molecule has 0 aromatic carbocycles. The maximum Gasteiger partial charge on any atom is 0.228 e. The second kappa shape index (κ2) is 10.2. The minimum absolute atomic E-state index is 0.112. The van der Waals surface area contributed by atoms with E-state index >= 15 is 0 Å². The highest BCUT2D eigenvalue weighted by Gasteiger charge is 2.23. The molecule has 0 bridgehead atoms. The fraction of sp³-hybridized carbons (Fsp3) is 0.565. The number of hydrogen-bond donors (Lipinski definition) is 3. The van der Waals surface area contributed by atoms with Crippen LogP contribution in [-0.4, -0.2) is 56.0 Å². The average Bonchev–Trinajstić information content (AvgIpc) is 3.53. The van der Waals surface area contributed by atoms with Crippen LogP contribution in [0.4, 0.5) is 17.6 Å². The summed E-state index contributed by atoms with van der Waals surface area (Å²) in [6, 6.07) is 5.75. The molecule has 0 spiro atoms. The standard InChI is InChI=1S/C23H34N8O2/c1-6-31-8-7-16(13-31)32-22-11-20(25-21-10-18(14(2)3)28-29-21)26-23(27-22)24-12-17-9-19(15(4)5)30-33-17/h9-11,14-16H,6-8,12-13H2,1-5H3,(H3,24,25,26,27,28,29). The van der Waals surface area contributed by atoms with Crippen molar-refractivity contribution in [3.8, 4) is 5.88 Å². The Morgan fingerprint density at radius 3 is 2.67 bits per heavy atom. The van der Waals surface area contributed by atoms with Crippen molar-refractivity contribution >= 4 is 17.6 Å². The Bertz CT molecular complexity index is 1040. The van der Waals surface area contributed by atoms with Crippen LogP contribution in [0.2, 0.25) is 0 Å². The van der Waals surface area contributed by atoms with E-state index in [-0.39, 0.29) is 6.10 Å². The van der Waals surface area contributed by atoms with E-state index in [1.54, 1.807) is 0 Å². The zero-order chi connectivity index (χ0) is 23.4. The van der Waals surface area contributed by atoms with E-state index in [1.165, 1.54) is 0 Å². The first kappa shape index (κ1) is 23.0. The first-order valence-corrected chi connectivity index (χ1v) is 11.7. The number of rotatable bonds is 10. The van der Waals surface area contributed by atoms with Crippen LogP contribution in [0.1, 0.15) is 70.0 Å². The topological polar surface area (TPSA) is 117 Å². The van der Waals surface area contributed by atoms with Crippen LogP contribution in [0, 0.1) is 0 Å². The van der Waals surface area contributed by atoms with Gasteiger partial charge in [0.25, 0.3) is 0 Å². The van der Waals surface area contributed by atoms with Gasteiger partial charge >= 0.3 is 0 Å². The van der Waals surface area contributed by atoms with Crippen LogP contribution >= 0.6 is 0 Å². The zero-order valence-corrected chi connectivity index (χ0v) is 20.1. The zero-order valence-electron chi connectivity index (χ0n) is 20.1. The lowest BCUT2D eigenvalue weighted by Gasteiger charge is -2.16. The summed E-state index contributed by atoms with van der Waals surface area (Å²) in [6.07, 6.45) is 1.10. The molecule has 0 aliphatic carbocycles. The predicted molar refractivity (Wildman–Crippen MR) is 127 cm³/mol. The number of likely N-dealkylation sites (tertiary alicyclic amines) is 1. The van der Waals surface area contributed by atoms with E-state index in [2.05, 4.69) is 75.5 Å². The van der Waals surface area contributed by atoms with E-state index < -0.39 is 0 Å². The Balaban J connectivity index is 1.51. The van der Waals surface area contributed by atoms with Crippen LogP contribution in [0.3, 0.4) is 0 Å². The van der Waals surface area contributed by atoms with Gasteiger partial charge in [-0.05, 0) is 24.8 Å². The summed E-state index contributed by atoms with van der Waals surface area (Å²) in [5.41, 5.74) is 1.98. The van der Waals surface area contributed by atoms with Gasteiger partial charge in [0.05, 0.1) is 12.2 Å². The third-order valence-electron chi connectivity index (χ3n) is 5.73. The number of anilines is 3. The van der Waals surface area contributed by atoms with Crippen molar-refractivity contribution in [2.75, 3.05) is 30.3 Å². The Hall–Kier alpha value is -3.14. The number of nitrogens with zero attached hydrogens (tertiary/aromatic N) is 5. The molecule has 1 saturated heterocycles. The SMILES string of the molecule is CCN1CCC(Oc2cc(Nc3cc(C(C)C)[nH]n3)nc(NCc3cc(C(C)C)no3)n2)C1. The molecule has 1 atom stereocenters. The van der Waals surface area contributed by atoms with Crippen molar-refractivity contribution in [2.24, 2.45) is 0 Å². The number of H-pyrrole nitrogens is 1. The van der Waals surface area contributed by atoms with Crippen LogP contribution < -0.4 is 15.4 Å². The lowest BCUT2D eigenvalue weighted by atomic mass is 10.1. The molecule has 33 heavy (non-hydrogen) atoms. The molecule has 1 aliphatic rings. The summed E-state index contributed by atoms with van der Waals surface area (Å²) >= 11 is 0. The summed E-state index contributed by atoms with van der Waals surface area (Å²) in [6.45, 7) is 14.0. The van der Waals surface area contributed by atoms with E-state index in [0.29, 0.717) is 41.8 Å². The second-order valence-electron chi connectivity index (χ2n) is 9.05. The minimum Gasteiger partial charge on any atom is -0.473 e. The molecule has 178 valence electrons. The van der Waals surface area contributed by atoms with Crippen molar-refractivity contribution in [1.29, 1.82) is 0 Å². The molecule has 1 aliphatic heterocycles. The van der Waals surface area contributed by atoms with Crippen LogP contribution in [-0.2, 0) is 6.54 Å². The molecule has 3 N–H and O–H groups in total. The number of hydrogen-bond acceptors (Lipinski definition) is 9. The van der Waals surface area contributed by atoms with Crippen molar-refractivity contribution in [3.05, 3.63) is 35.3 Å². The first-order valence-electron chi connectivity index (χ1n) is 11.7. The maximum atomic E-state index is 6.22. The number of aromatic amines is 1. The number of aromatic nitrogens is 5. The summed E-state index contributed by atoms with van der Waals surface area (Å²) in [5.74, 6) is 3.67. The third-order valence-corrected chi connectivity index (χ3v) is 5.73. The molecular weight excluding hydrogens is 420 g/mol. The molecule has 4 rings (SSSR count). The van der Waals surface area contributed by atoms with Gasteiger partial charge in [0.2, 0.25) is 11.8 Å². The molecular formula is C23H34N8O2.